The highest BCUT2D eigenvalue weighted by atomic mass is 16.5. The number of aromatic nitrogens is 2. The van der Waals surface area contributed by atoms with Gasteiger partial charge in [-0.15, -0.1) is 0 Å². The van der Waals surface area contributed by atoms with Gasteiger partial charge >= 0.3 is 0 Å². The molecule has 98 valence electrons. The largest absolute Gasteiger partial charge is 0.383 e. The van der Waals surface area contributed by atoms with Gasteiger partial charge in [-0.2, -0.15) is 5.10 Å². The van der Waals surface area contributed by atoms with Gasteiger partial charge in [-0.1, -0.05) is 25.1 Å². The molecule has 0 saturated carbocycles. The number of nitrogens with zero attached hydrogens (tertiary/aromatic N) is 2. The predicted octanol–water partition coefficient (Wildman–Crippen LogP) is 1.87. The summed E-state index contributed by atoms with van der Waals surface area (Å²) in [5.41, 5.74) is 8.22. The summed E-state index contributed by atoms with van der Waals surface area (Å²) in [5, 5.41) is 5.77. The molecule has 1 atom stereocenters. The van der Waals surface area contributed by atoms with Crippen molar-refractivity contribution in [1.82, 2.24) is 9.78 Å². The van der Waals surface area contributed by atoms with Crippen molar-refractivity contribution in [1.29, 1.82) is 0 Å². The summed E-state index contributed by atoms with van der Waals surface area (Å²) in [6.45, 7) is 2.64. The van der Waals surface area contributed by atoms with Crippen LogP contribution in [0.2, 0.25) is 0 Å². The number of para-hydroxylation sites is 1. The maximum atomic E-state index is 6.37. The molecule has 2 rings (SSSR count). The maximum Gasteiger partial charge on any atom is 0.0722 e. The molecule has 0 spiro atoms. The average Bonchev–Trinajstić information content (AvgIpc) is 2.67. The van der Waals surface area contributed by atoms with Gasteiger partial charge < -0.3 is 10.5 Å². The molecule has 1 unspecified atom stereocenters. The second-order valence-electron chi connectivity index (χ2n) is 4.91. The van der Waals surface area contributed by atoms with Crippen molar-refractivity contribution in [3.05, 3.63) is 30.0 Å². The minimum atomic E-state index is -0.341. The third kappa shape index (κ3) is 2.40. The van der Waals surface area contributed by atoms with Gasteiger partial charge in [0.15, 0.2) is 0 Å². The number of hydrogen-bond acceptors (Lipinski definition) is 3. The Kier molecular flexibility index (Phi) is 3.68. The van der Waals surface area contributed by atoms with Crippen molar-refractivity contribution >= 4 is 10.9 Å². The first-order chi connectivity index (χ1) is 8.59. The highest BCUT2D eigenvalue weighted by Crippen LogP contribution is 2.22. The first kappa shape index (κ1) is 13.1. The fraction of sp³-hybridized carbons (Fsp3) is 0.500. The van der Waals surface area contributed by atoms with Crippen molar-refractivity contribution in [2.45, 2.75) is 25.3 Å². The molecule has 4 heteroatoms. The van der Waals surface area contributed by atoms with E-state index < -0.39 is 0 Å². The Morgan fingerprint density at radius 2 is 2.11 bits per heavy atom. The van der Waals surface area contributed by atoms with E-state index in [0.29, 0.717) is 6.61 Å². The number of ether oxygens (including phenoxy) is 1. The smallest absolute Gasteiger partial charge is 0.0722 e. The minimum absolute atomic E-state index is 0.341. The standard InChI is InChI=1S/C14H21N3O/c1-4-14(15,10-18-3)9-12-11-7-5-6-8-13(11)17(2)16-12/h5-8H,4,9-10,15H2,1-3H3. The predicted molar refractivity (Wildman–Crippen MR) is 73.5 cm³/mol. The van der Waals surface area contributed by atoms with Gasteiger partial charge in [0, 0.05) is 31.5 Å². The van der Waals surface area contributed by atoms with E-state index in [1.807, 2.05) is 23.9 Å². The lowest BCUT2D eigenvalue weighted by Crippen LogP contribution is -2.46. The first-order valence-corrected chi connectivity index (χ1v) is 6.28. The molecule has 4 nitrogen and oxygen atoms in total. The van der Waals surface area contributed by atoms with Gasteiger partial charge in [0.05, 0.1) is 17.8 Å². The lowest BCUT2D eigenvalue weighted by Gasteiger charge is -2.26. The zero-order valence-corrected chi connectivity index (χ0v) is 11.3. The third-order valence-electron chi connectivity index (χ3n) is 3.49. The van der Waals surface area contributed by atoms with E-state index in [-0.39, 0.29) is 5.54 Å². The Morgan fingerprint density at radius 3 is 2.78 bits per heavy atom. The van der Waals surface area contributed by atoms with Crippen LogP contribution in [0.3, 0.4) is 0 Å². The summed E-state index contributed by atoms with van der Waals surface area (Å²) < 4.78 is 7.14. The van der Waals surface area contributed by atoms with Crippen LogP contribution in [0.5, 0.6) is 0 Å². The van der Waals surface area contributed by atoms with Crippen LogP contribution in [-0.2, 0) is 18.2 Å². The Morgan fingerprint density at radius 1 is 1.39 bits per heavy atom. The van der Waals surface area contributed by atoms with Gasteiger partial charge in [-0.05, 0) is 12.5 Å². The SMILES string of the molecule is CCC(N)(COC)Cc1nn(C)c2ccccc12. The van der Waals surface area contributed by atoms with Crippen LogP contribution in [0.4, 0.5) is 0 Å². The molecule has 2 N–H and O–H groups in total. The van der Waals surface area contributed by atoms with Gasteiger partial charge in [-0.3, -0.25) is 4.68 Å². The van der Waals surface area contributed by atoms with Crippen molar-refractivity contribution in [3.8, 4) is 0 Å². The van der Waals surface area contributed by atoms with Crippen molar-refractivity contribution in [2.75, 3.05) is 13.7 Å². The van der Waals surface area contributed by atoms with Crippen molar-refractivity contribution < 1.29 is 4.74 Å². The molecule has 0 amide bonds. The van der Waals surface area contributed by atoms with Crippen LogP contribution in [0.25, 0.3) is 10.9 Å². The van der Waals surface area contributed by atoms with Crippen LogP contribution in [0, 0.1) is 0 Å². The number of aryl methyl sites for hydroxylation is 1. The van der Waals surface area contributed by atoms with E-state index in [0.717, 1.165) is 24.1 Å². The highest BCUT2D eigenvalue weighted by molar-refractivity contribution is 5.81. The average molecular weight is 247 g/mol. The minimum Gasteiger partial charge on any atom is -0.383 e. The van der Waals surface area contributed by atoms with Crippen LogP contribution in [0.1, 0.15) is 19.0 Å². The van der Waals surface area contributed by atoms with Crippen molar-refractivity contribution in [2.24, 2.45) is 12.8 Å². The molecule has 0 saturated heterocycles. The number of fused-ring (bicyclic) bond motifs is 1. The molecule has 0 radical (unpaired) electrons. The van der Waals surface area contributed by atoms with E-state index in [1.54, 1.807) is 7.11 Å². The molecule has 1 aromatic carbocycles. The number of nitrogens with two attached hydrogens (primary N) is 1. The lowest BCUT2D eigenvalue weighted by atomic mass is 9.91. The number of rotatable bonds is 5. The fourth-order valence-corrected chi connectivity index (χ4v) is 2.32. The molecule has 1 aromatic heterocycles. The van der Waals surface area contributed by atoms with E-state index in [2.05, 4.69) is 24.2 Å². The monoisotopic (exact) mass is 247 g/mol. The Balaban J connectivity index is 2.37. The second kappa shape index (κ2) is 5.08. The third-order valence-corrected chi connectivity index (χ3v) is 3.49. The molecule has 0 aliphatic heterocycles. The first-order valence-electron chi connectivity index (χ1n) is 6.28. The normalized spacial score (nSPS) is 14.9. The molecular formula is C14H21N3O. The van der Waals surface area contributed by atoms with Gasteiger partial charge in [0.25, 0.3) is 0 Å². The van der Waals surface area contributed by atoms with Gasteiger partial charge in [0.2, 0.25) is 0 Å². The van der Waals surface area contributed by atoms with Crippen LogP contribution >= 0.6 is 0 Å². The van der Waals surface area contributed by atoms with Crippen LogP contribution in [-0.4, -0.2) is 29.0 Å². The molecule has 0 aliphatic carbocycles. The second-order valence-corrected chi connectivity index (χ2v) is 4.91. The zero-order chi connectivity index (χ0) is 13.2. The summed E-state index contributed by atoms with van der Waals surface area (Å²) in [7, 11) is 3.65. The molecule has 0 fully saturated rings. The summed E-state index contributed by atoms with van der Waals surface area (Å²) >= 11 is 0. The number of methoxy groups -OCH3 is 1. The maximum absolute atomic E-state index is 6.37. The van der Waals surface area contributed by atoms with Gasteiger partial charge in [-0.25, -0.2) is 0 Å². The molecule has 0 aliphatic rings. The molecule has 0 bridgehead atoms. The van der Waals surface area contributed by atoms with E-state index >= 15 is 0 Å². The number of benzene rings is 1. The molecule has 1 heterocycles. The van der Waals surface area contributed by atoms with Crippen LogP contribution in [0.15, 0.2) is 24.3 Å². The Bertz CT molecular complexity index is 535. The molecule has 2 aromatic rings. The molecule has 18 heavy (non-hydrogen) atoms. The van der Waals surface area contributed by atoms with Gasteiger partial charge in [0.1, 0.15) is 0 Å². The molecular weight excluding hydrogens is 226 g/mol. The summed E-state index contributed by atoms with van der Waals surface area (Å²) in [5.74, 6) is 0. The highest BCUT2D eigenvalue weighted by Gasteiger charge is 2.25. The van der Waals surface area contributed by atoms with Crippen molar-refractivity contribution in [3.63, 3.8) is 0 Å². The Labute approximate surface area is 108 Å². The zero-order valence-electron chi connectivity index (χ0n) is 11.3. The van der Waals surface area contributed by atoms with Crippen LogP contribution < -0.4 is 5.73 Å². The number of hydrogen-bond donors (Lipinski definition) is 1. The van der Waals surface area contributed by atoms with E-state index in [1.165, 1.54) is 5.39 Å². The van der Waals surface area contributed by atoms with E-state index in [9.17, 15) is 0 Å². The summed E-state index contributed by atoms with van der Waals surface area (Å²) in [6.07, 6.45) is 1.60. The summed E-state index contributed by atoms with van der Waals surface area (Å²) in [6, 6.07) is 8.24. The topological polar surface area (TPSA) is 53.1 Å². The Hall–Kier alpha value is -1.39. The van der Waals surface area contributed by atoms with E-state index in [4.69, 9.17) is 10.5 Å². The fourth-order valence-electron chi connectivity index (χ4n) is 2.32. The summed E-state index contributed by atoms with van der Waals surface area (Å²) in [4.78, 5) is 0. The quantitative estimate of drug-likeness (QED) is 0.877. The lowest BCUT2D eigenvalue weighted by molar-refractivity contribution is 0.129.